The number of rotatable bonds is 6. The molecule has 0 atom stereocenters. The van der Waals surface area contributed by atoms with Crippen LogP contribution in [0.15, 0.2) is 0 Å². The lowest BCUT2D eigenvalue weighted by Crippen LogP contribution is -2.49. The largest absolute Gasteiger partial charge is 0.370 e. The molecule has 76 valence electrons. The van der Waals surface area contributed by atoms with Gasteiger partial charge in [-0.25, -0.2) is 0 Å². The third-order valence-corrected chi connectivity index (χ3v) is 2.10. The second-order valence-corrected chi connectivity index (χ2v) is 3.40. The first-order chi connectivity index (χ1) is 6.18. The normalized spacial score (nSPS) is 26.8. The summed E-state index contributed by atoms with van der Waals surface area (Å²) in [5.74, 6) is -0.425. The lowest BCUT2D eigenvalue weighted by Gasteiger charge is -2.33. The maximum absolute atomic E-state index is 10.3. The van der Waals surface area contributed by atoms with Crippen molar-refractivity contribution in [2.45, 2.75) is 24.9 Å². The van der Waals surface area contributed by atoms with Gasteiger partial charge in [0.1, 0.15) is 6.61 Å². The van der Waals surface area contributed by atoms with E-state index in [1.165, 1.54) is 0 Å². The fraction of sp³-hybridized carbons (Fsp3) is 0.875. The van der Waals surface area contributed by atoms with Gasteiger partial charge in [0.15, 0.2) is 0 Å². The Labute approximate surface area is 77.8 Å². The number of carbonyl (C=O) groups is 1. The minimum atomic E-state index is -0.425. The first-order valence-corrected chi connectivity index (χ1v) is 4.53. The summed E-state index contributed by atoms with van der Waals surface area (Å²) in [7, 11) is 0. The molecule has 0 spiro atoms. The van der Waals surface area contributed by atoms with Gasteiger partial charge in [-0.05, 0) is 12.8 Å². The molecule has 5 N–H and O–H groups in total. The van der Waals surface area contributed by atoms with Crippen LogP contribution in [0.25, 0.3) is 0 Å². The first-order valence-electron chi connectivity index (χ1n) is 4.53. The Balaban J connectivity index is 1.82. The molecule has 1 aliphatic carbocycles. The summed E-state index contributed by atoms with van der Waals surface area (Å²) in [5, 5.41) is 3.27. The second-order valence-electron chi connectivity index (χ2n) is 3.40. The second kappa shape index (κ2) is 5.16. The van der Waals surface area contributed by atoms with E-state index in [9.17, 15) is 4.79 Å². The summed E-state index contributed by atoms with van der Waals surface area (Å²) in [5.41, 5.74) is 10.5. The van der Waals surface area contributed by atoms with Gasteiger partial charge in [0.25, 0.3) is 0 Å². The molecule has 13 heavy (non-hydrogen) atoms. The van der Waals surface area contributed by atoms with Gasteiger partial charge in [0.05, 0.1) is 6.61 Å². The molecule has 0 aliphatic heterocycles. The highest BCUT2D eigenvalue weighted by atomic mass is 16.5. The summed E-state index contributed by atoms with van der Waals surface area (Å²) in [6.07, 6.45) is 2.08. The van der Waals surface area contributed by atoms with Gasteiger partial charge in [-0.3, -0.25) is 4.79 Å². The Morgan fingerprint density at radius 2 is 2.23 bits per heavy atom. The van der Waals surface area contributed by atoms with Crippen LogP contribution in [-0.2, 0) is 9.53 Å². The Morgan fingerprint density at radius 1 is 1.54 bits per heavy atom. The van der Waals surface area contributed by atoms with Crippen molar-refractivity contribution in [1.82, 2.24) is 5.32 Å². The molecule has 1 aliphatic rings. The predicted molar refractivity (Wildman–Crippen MR) is 49.0 cm³/mol. The Bertz CT molecular complexity index is 169. The first kappa shape index (κ1) is 10.4. The average molecular weight is 187 g/mol. The molecule has 1 fully saturated rings. The average Bonchev–Trinajstić information content (AvgIpc) is 1.99. The topological polar surface area (TPSA) is 90.4 Å². The fourth-order valence-corrected chi connectivity index (χ4v) is 1.34. The summed E-state index contributed by atoms with van der Waals surface area (Å²) >= 11 is 0. The summed E-state index contributed by atoms with van der Waals surface area (Å²) < 4.78 is 4.97. The van der Waals surface area contributed by atoms with Crippen molar-refractivity contribution in [1.29, 1.82) is 0 Å². The van der Waals surface area contributed by atoms with E-state index in [0.29, 0.717) is 18.7 Å². The van der Waals surface area contributed by atoms with E-state index in [1.807, 2.05) is 0 Å². The molecular weight excluding hydrogens is 170 g/mol. The minimum absolute atomic E-state index is 0.00581. The van der Waals surface area contributed by atoms with E-state index in [-0.39, 0.29) is 6.61 Å². The van der Waals surface area contributed by atoms with Gasteiger partial charge < -0.3 is 21.5 Å². The van der Waals surface area contributed by atoms with Crippen molar-refractivity contribution in [2.75, 3.05) is 19.8 Å². The number of hydrogen-bond acceptors (Lipinski definition) is 4. The van der Waals surface area contributed by atoms with E-state index < -0.39 is 5.91 Å². The number of ether oxygens (including phenoxy) is 1. The standard InChI is InChI=1S/C8H17N3O2/c9-6-3-7(4-6)11-1-2-13-5-8(10)12/h6-7,11H,1-5,9H2,(H2,10,12). The molecule has 0 bridgehead atoms. The molecule has 1 saturated carbocycles. The number of nitrogens with two attached hydrogens (primary N) is 2. The van der Waals surface area contributed by atoms with Gasteiger partial charge in [0.2, 0.25) is 5.91 Å². The molecule has 0 radical (unpaired) electrons. The summed E-state index contributed by atoms with van der Waals surface area (Å²) in [6, 6.07) is 0.899. The highest BCUT2D eigenvalue weighted by Gasteiger charge is 2.24. The van der Waals surface area contributed by atoms with E-state index >= 15 is 0 Å². The van der Waals surface area contributed by atoms with Crippen molar-refractivity contribution in [3.05, 3.63) is 0 Å². The molecule has 0 aromatic rings. The number of carbonyl (C=O) groups excluding carboxylic acids is 1. The van der Waals surface area contributed by atoms with Crippen molar-refractivity contribution >= 4 is 5.91 Å². The lowest BCUT2D eigenvalue weighted by molar-refractivity contribution is -0.122. The van der Waals surface area contributed by atoms with Crippen LogP contribution in [0.1, 0.15) is 12.8 Å². The lowest BCUT2D eigenvalue weighted by atomic mass is 9.88. The van der Waals surface area contributed by atoms with Crippen molar-refractivity contribution in [2.24, 2.45) is 11.5 Å². The Morgan fingerprint density at radius 3 is 2.77 bits per heavy atom. The number of hydrogen-bond donors (Lipinski definition) is 3. The smallest absolute Gasteiger partial charge is 0.243 e. The SMILES string of the molecule is NC(=O)COCCNC1CC(N)C1. The van der Waals surface area contributed by atoms with Crippen molar-refractivity contribution < 1.29 is 9.53 Å². The number of amides is 1. The van der Waals surface area contributed by atoms with E-state index in [1.54, 1.807) is 0 Å². The van der Waals surface area contributed by atoms with Crippen molar-refractivity contribution in [3.8, 4) is 0 Å². The number of nitrogens with one attached hydrogen (secondary N) is 1. The molecule has 5 nitrogen and oxygen atoms in total. The maximum atomic E-state index is 10.3. The highest BCUT2D eigenvalue weighted by molar-refractivity contribution is 5.74. The van der Waals surface area contributed by atoms with Crippen LogP contribution in [0.3, 0.4) is 0 Å². The van der Waals surface area contributed by atoms with Gasteiger partial charge in [0, 0.05) is 18.6 Å². The molecule has 0 aromatic carbocycles. The minimum Gasteiger partial charge on any atom is -0.370 e. The van der Waals surface area contributed by atoms with Crippen LogP contribution >= 0.6 is 0 Å². The molecule has 1 rings (SSSR count). The molecule has 0 heterocycles. The molecule has 0 saturated heterocycles. The molecule has 1 amide bonds. The molecular formula is C8H17N3O2. The van der Waals surface area contributed by atoms with Crippen molar-refractivity contribution in [3.63, 3.8) is 0 Å². The maximum Gasteiger partial charge on any atom is 0.243 e. The number of primary amides is 1. The molecule has 0 aromatic heterocycles. The zero-order valence-corrected chi connectivity index (χ0v) is 7.66. The monoisotopic (exact) mass is 187 g/mol. The fourth-order valence-electron chi connectivity index (χ4n) is 1.34. The van der Waals surface area contributed by atoms with Gasteiger partial charge in [-0.15, -0.1) is 0 Å². The Kier molecular flexibility index (Phi) is 4.14. The molecule has 0 unspecified atom stereocenters. The van der Waals surface area contributed by atoms with Crippen LogP contribution in [-0.4, -0.2) is 37.7 Å². The molecule has 5 heteroatoms. The quantitative estimate of drug-likeness (QED) is 0.444. The third-order valence-electron chi connectivity index (χ3n) is 2.10. The van der Waals surface area contributed by atoms with Crippen LogP contribution in [0, 0.1) is 0 Å². The highest BCUT2D eigenvalue weighted by Crippen LogP contribution is 2.16. The zero-order chi connectivity index (χ0) is 9.68. The van der Waals surface area contributed by atoms with Crippen LogP contribution in [0.5, 0.6) is 0 Å². The summed E-state index contributed by atoms with van der Waals surface area (Å²) in [4.78, 5) is 10.3. The Hall–Kier alpha value is -0.650. The van der Waals surface area contributed by atoms with E-state index in [0.717, 1.165) is 19.4 Å². The van der Waals surface area contributed by atoms with Crippen LogP contribution < -0.4 is 16.8 Å². The summed E-state index contributed by atoms with van der Waals surface area (Å²) in [6.45, 7) is 1.28. The van der Waals surface area contributed by atoms with E-state index in [4.69, 9.17) is 16.2 Å². The van der Waals surface area contributed by atoms with E-state index in [2.05, 4.69) is 5.32 Å². The zero-order valence-electron chi connectivity index (χ0n) is 7.66. The van der Waals surface area contributed by atoms with Gasteiger partial charge >= 0.3 is 0 Å². The van der Waals surface area contributed by atoms with Crippen LogP contribution in [0.4, 0.5) is 0 Å². The van der Waals surface area contributed by atoms with Gasteiger partial charge in [-0.2, -0.15) is 0 Å². The van der Waals surface area contributed by atoms with Gasteiger partial charge in [-0.1, -0.05) is 0 Å². The van der Waals surface area contributed by atoms with Crippen LogP contribution in [0.2, 0.25) is 0 Å². The predicted octanol–water partition coefficient (Wildman–Crippen LogP) is -1.43. The third kappa shape index (κ3) is 4.21.